The summed E-state index contributed by atoms with van der Waals surface area (Å²) in [5.74, 6) is -20.9. The lowest BCUT2D eigenvalue weighted by atomic mass is 9.87. The van der Waals surface area contributed by atoms with E-state index in [-0.39, 0.29) is 34.5 Å². The van der Waals surface area contributed by atoms with Gasteiger partial charge in [0.05, 0.1) is 0 Å². The maximum absolute atomic E-state index is 15.0. The fourth-order valence-corrected chi connectivity index (χ4v) is 7.17. The normalized spacial score (nSPS) is 10.8. The Hall–Kier alpha value is -9.63. The van der Waals surface area contributed by atoms with Gasteiger partial charge in [-0.05, 0) is 133 Å². The number of ketones is 3. The predicted octanol–water partition coefficient (Wildman–Crippen LogP) is 9.57. The van der Waals surface area contributed by atoms with Gasteiger partial charge in [0, 0.05) is 16.7 Å². The van der Waals surface area contributed by atoms with Crippen LogP contribution in [0.15, 0.2) is 164 Å². The zero-order chi connectivity index (χ0) is 53.9. The molecule has 15 heteroatoms. The third-order valence-electron chi connectivity index (χ3n) is 11.4. The van der Waals surface area contributed by atoms with Gasteiger partial charge in [-0.25, -0.2) is 0 Å². The summed E-state index contributed by atoms with van der Waals surface area (Å²) in [4.78, 5) is 130. The number of ether oxygens (including phenoxy) is 6. The molecule has 0 fully saturated rings. The lowest BCUT2D eigenvalue weighted by Crippen LogP contribution is -2.40. The highest BCUT2D eigenvalue weighted by Gasteiger charge is 2.44. The van der Waals surface area contributed by atoms with Gasteiger partial charge >= 0.3 is 35.8 Å². The number of rotatable bonds is 18. The van der Waals surface area contributed by atoms with E-state index in [4.69, 9.17) is 28.4 Å². The summed E-state index contributed by atoms with van der Waals surface area (Å²) in [6.45, 7) is 10.6. The molecule has 0 unspecified atom stereocenters. The van der Waals surface area contributed by atoms with Crippen LogP contribution in [0.2, 0.25) is 0 Å². The van der Waals surface area contributed by atoms with Crippen molar-refractivity contribution in [3.8, 4) is 34.5 Å². The Bertz CT molecular complexity index is 2760. The summed E-state index contributed by atoms with van der Waals surface area (Å²) in [6, 6.07) is 38.6. The second kappa shape index (κ2) is 23.7. The Morgan fingerprint density at radius 3 is 0.507 bits per heavy atom. The fourth-order valence-electron chi connectivity index (χ4n) is 7.17. The lowest BCUT2D eigenvalue weighted by molar-refractivity contribution is -0.150. The largest absolute Gasteiger partial charge is 0.426 e. The molecule has 0 spiro atoms. The first-order chi connectivity index (χ1) is 35.8. The fraction of sp³-hybridized carbons (Fsp3) is 0.150. The van der Waals surface area contributed by atoms with Crippen LogP contribution in [0.5, 0.6) is 34.5 Å². The van der Waals surface area contributed by atoms with Crippen molar-refractivity contribution in [1.29, 1.82) is 0 Å². The smallest absolute Gasteiger partial charge is 0.333 e. The maximum atomic E-state index is 15.0. The number of hydrogen-bond donors (Lipinski definition) is 0. The van der Waals surface area contributed by atoms with E-state index in [2.05, 4.69) is 0 Å². The average molecular weight is 1010 g/mol. The van der Waals surface area contributed by atoms with E-state index in [9.17, 15) is 28.8 Å². The van der Waals surface area contributed by atoms with Crippen LogP contribution in [-0.4, -0.2) is 53.2 Å². The summed E-state index contributed by atoms with van der Waals surface area (Å²) in [6.07, 6.45) is 0. The highest BCUT2D eigenvalue weighted by Crippen LogP contribution is 2.28. The third-order valence-corrected chi connectivity index (χ3v) is 11.4. The summed E-state index contributed by atoms with van der Waals surface area (Å²) in [5, 5.41) is 0. The molecule has 7 aromatic carbocycles. The molecular formula is C60H48O15. The molecule has 0 atom stereocenters. The van der Waals surface area contributed by atoms with E-state index in [1.807, 2.05) is 0 Å². The topological polar surface area (TPSA) is 209 Å². The molecule has 7 rings (SSSR count). The Labute approximate surface area is 430 Å². The Morgan fingerprint density at radius 1 is 0.240 bits per heavy atom. The molecule has 0 saturated carbocycles. The van der Waals surface area contributed by atoms with Crippen LogP contribution in [0.4, 0.5) is 0 Å². The number of aryl methyl sites for hydroxylation is 6. The van der Waals surface area contributed by atoms with Crippen LogP contribution in [0.25, 0.3) is 0 Å². The van der Waals surface area contributed by atoms with Crippen molar-refractivity contribution < 1.29 is 71.6 Å². The standard InChI is InChI=1S/C60H48O15/c1-34-7-19-43(20-8-34)70-55(64)49(56(65)71-44-21-9-35(2)10-22-44)52(61)40-31-41(53(62)50(57(66)72-45-23-11-36(3)12-24-45)58(67)73-46-25-13-37(4)14-26-46)33-42(32-40)54(63)51(59(68)74-47-27-15-38(5)16-28-47)60(69)75-48-29-17-39(6)18-30-48/h7-33,49-51H,1-6H3. The second-order valence-electron chi connectivity index (χ2n) is 17.6. The van der Waals surface area contributed by atoms with Gasteiger partial charge in [-0.3, -0.25) is 43.2 Å². The van der Waals surface area contributed by atoms with Gasteiger partial charge in [-0.1, -0.05) is 106 Å². The van der Waals surface area contributed by atoms with Gasteiger partial charge in [0.2, 0.25) is 17.8 Å². The SMILES string of the molecule is Cc1ccc(OC(=O)C(C(=O)Oc2ccc(C)cc2)C(=O)c2cc(C(=O)C(C(=O)Oc3ccc(C)cc3)C(=O)Oc3ccc(C)cc3)cc(C(=O)C(C(=O)Oc3ccc(C)cc3)C(=O)Oc3ccc(C)cc3)c2)cc1. The first-order valence-electron chi connectivity index (χ1n) is 23.3. The molecule has 378 valence electrons. The van der Waals surface area contributed by atoms with Crippen LogP contribution in [0.3, 0.4) is 0 Å². The summed E-state index contributed by atoms with van der Waals surface area (Å²) >= 11 is 0. The quantitative estimate of drug-likeness (QED) is 0.0339. The average Bonchev–Trinajstić information content (AvgIpc) is 3.38. The van der Waals surface area contributed by atoms with Gasteiger partial charge < -0.3 is 28.4 Å². The molecule has 75 heavy (non-hydrogen) atoms. The number of carbonyl (C=O) groups is 9. The molecule has 0 aromatic heterocycles. The van der Waals surface area contributed by atoms with Crippen LogP contribution in [0.1, 0.15) is 64.5 Å². The van der Waals surface area contributed by atoms with Crippen molar-refractivity contribution in [2.75, 3.05) is 0 Å². The minimum atomic E-state index is -2.48. The lowest BCUT2D eigenvalue weighted by Gasteiger charge is -2.19. The number of esters is 6. The summed E-state index contributed by atoms with van der Waals surface area (Å²) in [7, 11) is 0. The molecule has 0 aliphatic heterocycles. The van der Waals surface area contributed by atoms with Gasteiger partial charge in [-0.15, -0.1) is 0 Å². The highest BCUT2D eigenvalue weighted by molar-refractivity contribution is 6.26. The minimum absolute atomic E-state index is 0.0737. The predicted molar refractivity (Wildman–Crippen MR) is 271 cm³/mol. The minimum Gasteiger partial charge on any atom is -0.426 e. The summed E-state index contributed by atoms with van der Waals surface area (Å²) in [5.41, 5.74) is 2.43. The van der Waals surface area contributed by atoms with Gasteiger partial charge in [0.25, 0.3) is 0 Å². The molecule has 0 saturated heterocycles. The Balaban J connectivity index is 1.38. The van der Waals surface area contributed by atoms with Crippen LogP contribution in [-0.2, 0) is 28.8 Å². The second-order valence-corrected chi connectivity index (χ2v) is 17.6. The number of Topliss-reactive ketones (excluding diaryl/α,β-unsaturated/α-hetero) is 3. The van der Waals surface area contributed by atoms with Gasteiger partial charge in [-0.2, -0.15) is 0 Å². The van der Waals surface area contributed by atoms with E-state index in [0.29, 0.717) is 0 Å². The van der Waals surface area contributed by atoms with Crippen LogP contribution >= 0.6 is 0 Å². The number of benzene rings is 7. The summed E-state index contributed by atoms with van der Waals surface area (Å²) < 4.78 is 33.2. The molecule has 0 bridgehead atoms. The van der Waals surface area contributed by atoms with E-state index in [1.54, 1.807) is 114 Å². The zero-order valence-electron chi connectivity index (χ0n) is 41.4. The molecule has 0 N–H and O–H groups in total. The van der Waals surface area contributed by atoms with E-state index in [1.165, 1.54) is 72.8 Å². The molecular weight excluding hydrogens is 961 g/mol. The molecule has 0 amide bonds. The third kappa shape index (κ3) is 13.9. The van der Waals surface area contributed by atoms with Crippen molar-refractivity contribution in [3.63, 3.8) is 0 Å². The van der Waals surface area contributed by atoms with Crippen LogP contribution in [0, 0.1) is 59.3 Å². The van der Waals surface area contributed by atoms with Crippen molar-refractivity contribution >= 4 is 53.2 Å². The Kier molecular flexibility index (Phi) is 16.8. The van der Waals surface area contributed by atoms with Crippen LogP contribution < -0.4 is 28.4 Å². The molecule has 15 nitrogen and oxygen atoms in total. The highest BCUT2D eigenvalue weighted by atomic mass is 16.6. The molecule has 0 radical (unpaired) electrons. The zero-order valence-corrected chi connectivity index (χ0v) is 41.4. The maximum Gasteiger partial charge on any atom is 0.333 e. The van der Waals surface area contributed by atoms with E-state index in [0.717, 1.165) is 51.6 Å². The van der Waals surface area contributed by atoms with Crippen molar-refractivity contribution in [2.45, 2.75) is 41.5 Å². The first-order valence-corrected chi connectivity index (χ1v) is 23.3. The monoisotopic (exact) mass is 1010 g/mol. The van der Waals surface area contributed by atoms with Crippen molar-refractivity contribution in [2.24, 2.45) is 17.8 Å². The number of hydrogen-bond acceptors (Lipinski definition) is 15. The van der Waals surface area contributed by atoms with E-state index < -0.39 is 87.6 Å². The molecule has 0 heterocycles. The number of carbonyl (C=O) groups excluding carboxylic acids is 9. The molecule has 7 aromatic rings. The molecule has 0 aliphatic rings. The van der Waals surface area contributed by atoms with E-state index >= 15 is 14.4 Å². The van der Waals surface area contributed by atoms with Crippen molar-refractivity contribution in [1.82, 2.24) is 0 Å². The van der Waals surface area contributed by atoms with Crippen molar-refractivity contribution in [3.05, 3.63) is 214 Å². The molecule has 0 aliphatic carbocycles. The van der Waals surface area contributed by atoms with Gasteiger partial charge in [0.1, 0.15) is 34.5 Å². The van der Waals surface area contributed by atoms with Gasteiger partial charge in [0.15, 0.2) is 17.3 Å². The first kappa shape index (κ1) is 53.2. The Morgan fingerprint density at radius 2 is 0.373 bits per heavy atom.